The summed E-state index contributed by atoms with van der Waals surface area (Å²) in [6, 6.07) is 0. The Morgan fingerprint density at radius 2 is 1.27 bits per heavy atom. The molecule has 4 heteroatoms. The van der Waals surface area contributed by atoms with Gasteiger partial charge in [-0.2, -0.15) is 0 Å². The van der Waals surface area contributed by atoms with E-state index in [1.54, 1.807) is 0 Å². The monoisotopic (exact) mass is 467 g/mol. The fourth-order valence-electron chi connectivity index (χ4n) is 5.74. The zero-order valence-corrected chi connectivity index (χ0v) is 23.1. The molecule has 1 rings (SSSR count). The maximum absolute atomic E-state index is 12.5. The smallest absolute Gasteiger partial charge is 0.306 e. The number of nitrogens with zero attached hydrogens (tertiary/aromatic N) is 1. The highest BCUT2D eigenvalue weighted by Gasteiger charge is 2.46. The number of hydrogen-bond acceptors (Lipinski definition) is 4. The molecule has 1 atom stereocenters. The van der Waals surface area contributed by atoms with Crippen LogP contribution in [0.25, 0.3) is 0 Å². The summed E-state index contributed by atoms with van der Waals surface area (Å²) < 4.78 is 5.95. The minimum atomic E-state index is -0.286. The molecule has 0 amide bonds. The molecule has 1 aliphatic heterocycles. The normalized spacial score (nSPS) is 19.5. The number of β-amino-alcohol motifs (C(OH)–C–C–N with tert-alkyl or cyclic N) is 1. The predicted molar refractivity (Wildman–Crippen MR) is 141 cm³/mol. The van der Waals surface area contributed by atoms with E-state index in [0.717, 1.165) is 38.5 Å². The Morgan fingerprint density at radius 3 is 1.79 bits per heavy atom. The van der Waals surface area contributed by atoms with Gasteiger partial charge in [-0.3, -0.25) is 9.69 Å². The lowest BCUT2D eigenvalue weighted by Gasteiger charge is -2.55. The predicted octanol–water partition coefficient (Wildman–Crippen LogP) is 7.80. The second-order valence-electron chi connectivity index (χ2n) is 11.8. The van der Waals surface area contributed by atoms with Crippen LogP contribution in [0.4, 0.5) is 0 Å². The summed E-state index contributed by atoms with van der Waals surface area (Å²) in [4.78, 5) is 14.9. The molecule has 1 saturated heterocycles. The molecular formula is C29H57NO3. The van der Waals surface area contributed by atoms with E-state index in [2.05, 4.69) is 46.4 Å². The molecule has 0 aromatic carbocycles. The highest BCUT2D eigenvalue weighted by molar-refractivity contribution is 5.69. The van der Waals surface area contributed by atoms with Gasteiger partial charge in [-0.1, -0.05) is 90.9 Å². The van der Waals surface area contributed by atoms with E-state index in [1.807, 2.05) is 0 Å². The third-order valence-electron chi connectivity index (χ3n) is 7.48. The average Bonchev–Trinajstić information content (AvgIpc) is 2.72. The number of carbonyl (C=O) groups excluding carboxylic acids is 1. The van der Waals surface area contributed by atoms with E-state index in [0.29, 0.717) is 13.0 Å². The second-order valence-corrected chi connectivity index (χ2v) is 11.8. The van der Waals surface area contributed by atoms with E-state index in [4.69, 9.17) is 4.74 Å². The van der Waals surface area contributed by atoms with E-state index in [9.17, 15) is 9.90 Å². The SMILES string of the molecule is CCCCCCCCCCCC(=O)OC1CC(C)(C)N(CC(O)CCCCCC)C(C)(C)C1. The first-order chi connectivity index (χ1) is 15.6. The van der Waals surface area contributed by atoms with Gasteiger partial charge in [0.25, 0.3) is 0 Å². The number of unbranched alkanes of at least 4 members (excludes halogenated alkanes) is 11. The van der Waals surface area contributed by atoms with Crippen molar-refractivity contribution < 1.29 is 14.6 Å². The zero-order valence-electron chi connectivity index (χ0n) is 23.1. The highest BCUT2D eigenvalue weighted by atomic mass is 16.5. The van der Waals surface area contributed by atoms with E-state index in [-0.39, 0.29) is 29.3 Å². The fraction of sp³-hybridized carbons (Fsp3) is 0.966. The molecule has 0 saturated carbocycles. The maximum atomic E-state index is 12.5. The summed E-state index contributed by atoms with van der Waals surface area (Å²) >= 11 is 0. The first-order valence-electron chi connectivity index (χ1n) is 14.3. The number of aliphatic hydroxyl groups excluding tert-OH is 1. The Labute approximate surface area is 206 Å². The van der Waals surface area contributed by atoms with Crippen LogP contribution in [0.1, 0.15) is 151 Å². The van der Waals surface area contributed by atoms with Crippen LogP contribution in [-0.4, -0.2) is 45.8 Å². The van der Waals surface area contributed by atoms with Crippen molar-refractivity contribution in [3.8, 4) is 0 Å². The zero-order chi connectivity index (χ0) is 24.7. The lowest BCUT2D eigenvalue weighted by Crippen LogP contribution is -2.63. The molecule has 0 aliphatic carbocycles. The lowest BCUT2D eigenvalue weighted by molar-refractivity contribution is -0.162. The van der Waals surface area contributed by atoms with Crippen molar-refractivity contribution in [1.29, 1.82) is 0 Å². The van der Waals surface area contributed by atoms with E-state index >= 15 is 0 Å². The van der Waals surface area contributed by atoms with Gasteiger partial charge >= 0.3 is 5.97 Å². The molecule has 1 fully saturated rings. The van der Waals surface area contributed by atoms with Crippen LogP contribution in [0.2, 0.25) is 0 Å². The number of hydrogen-bond donors (Lipinski definition) is 1. The standard InChI is InChI=1S/C29H57NO3/c1-7-9-11-13-14-15-16-17-19-21-27(32)33-26-22-28(3,4)30(29(5,6)23-26)24-25(31)20-18-12-10-8-2/h25-26,31H,7-24H2,1-6H3. The van der Waals surface area contributed by atoms with Crippen LogP contribution in [0.5, 0.6) is 0 Å². The summed E-state index contributed by atoms with van der Waals surface area (Å²) in [7, 11) is 0. The molecule has 0 radical (unpaired) electrons. The molecule has 0 bridgehead atoms. The molecule has 1 unspecified atom stereocenters. The van der Waals surface area contributed by atoms with Crippen LogP contribution >= 0.6 is 0 Å². The van der Waals surface area contributed by atoms with Crippen LogP contribution in [0, 0.1) is 0 Å². The summed E-state index contributed by atoms with van der Waals surface area (Å²) in [5, 5.41) is 10.7. The summed E-state index contributed by atoms with van der Waals surface area (Å²) in [5.74, 6) is -0.0287. The van der Waals surface area contributed by atoms with Crippen molar-refractivity contribution >= 4 is 5.97 Å². The minimum absolute atomic E-state index is 0.0287. The molecule has 4 nitrogen and oxygen atoms in total. The van der Waals surface area contributed by atoms with Gasteiger partial charge < -0.3 is 9.84 Å². The molecule has 1 heterocycles. The van der Waals surface area contributed by atoms with E-state index < -0.39 is 0 Å². The van der Waals surface area contributed by atoms with Gasteiger partial charge in [0.1, 0.15) is 6.10 Å². The number of piperidine rings is 1. The molecule has 1 N–H and O–H groups in total. The average molecular weight is 468 g/mol. The van der Waals surface area contributed by atoms with Crippen molar-refractivity contribution in [2.24, 2.45) is 0 Å². The molecule has 33 heavy (non-hydrogen) atoms. The summed E-state index contributed by atoms with van der Waals surface area (Å²) in [5.41, 5.74) is -0.205. The van der Waals surface area contributed by atoms with Crippen molar-refractivity contribution in [2.75, 3.05) is 6.54 Å². The topological polar surface area (TPSA) is 49.8 Å². The molecule has 0 spiro atoms. The quantitative estimate of drug-likeness (QED) is 0.165. The molecular weight excluding hydrogens is 410 g/mol. The Bertz CT molecular complexity index is 499. The Morgan fingerprint density at radius 1 is 0.818 bits per heavy atom. The van der Waals surface area contributed by atoms with Gasteiger partial charge in [-0.25, -0.2) is 0 Å². The third kappa shape index (κ3) is 12.6. The lowest BCUT2D eigenvalue weighted by atomic mass is 9.77. The first kappa shape index (κ1) is 30.4. The minimum Gasteiger partial charge on any atom is -0.462 e. The Kier molecular flexibility index (Phi) is 14.9. The van der Waals surface area contributed by atoms with E-state index in [1.165, 1.54) is 64.2 Å². The van der Waals surface area contributed by atoms with Gasteiger partial charge in [0, 0.05) is 36.9 Å². The van der Waals surface area contributed by atoms with Crippen LogP contribution < -0.4 is 0 Å². The van der Waals surface area contributed by atoms with Gasteiger partial charge in [0.05, 0.1) is 6.10 Å². The number of ether oxygens (including phenoxy) is 1. The molecule has 0 aromatic heterocycles. The largest absolute Gasteiger partial charge is 0.462 e. The van der Waals surface area contributed by atoms with Crippen molar-refractivity contribution in [3.05, 3.63) is 0 Å². The maximum Gasteiger partial charge on any atom is 0.306 e. The van der Waals surface area contributed by atoms with Crippen LogP contribution in [-0.2, 0) is 9.53 Å². The summed E-state index contributed by atoms with van der Waals surface area (Å²) in [6.07, 6.45) is 18.9. The summed E-state index contributed by atoms with van der Waals surface area (Å²) in [6.45, 7) is 14.1. The van der Waals surface area contributed by atoms with Crippen molar-refractivity contribution in [2.45, 2.75) is 174 Å². The Balaban J connectivity index is 2.36. The first-order valence-corrected chi connectivity index (χ1v) is 14.3. The van der Waals surface area contributed by atoms with Gasteiger partial charge in [-0.05, 0) is 40.5 Å². The van der Waals surface area contributed by atoms with Gasteiger partial charge in [0.15, 0.2) is 0 Å². The molecule has 196 valence electrons. The number of carbonyl (C=O) groups is 1. The second kappa shape index (κ2) is 16.1. The number of rotatable bonds is 18. The highest BCUT2D eigenvalue weighted by Crippen LogP contribution is 2.40. The van der Waals surface area contributed by atoms with Crippen LogP contribution in [0.3, 0.4) is 0 Å². The number of esters is 1. The number of likely N-dealkylation sites (tertiary alicyclic amines) is 1. The van der Waals surface area contributed by atoms with Crippen LogP contribution in [0.15, 0.2) is 0 Å². The van der Waals surface area contributed by atoms with Crippen molar-refractivity contribution in [1.82, 2.24) is 4.90 Å². The van der Waals surface area contributed by atoms with Crippen molar-refractivity contribution in [3.63, 3.8) is 0 Å². The van der Waals surface area contributed by atoms with Gasteiger partial charge in [-0.15, -0.1) is 0 Å². The molecule has 0 aromatic rings. The molecule has 1 aliphatic rings. The fourth-order valence-corrected chi connectivity index (χ4v) is 5.74. The third-order valence-corrected chi connectivity index (χ3v) is 7.48. The Hall–Kier alpha value is -0.610. The number of aliphatic hydroxyl groups is 1. The van der Waals surface area contributed by atoms with Gasteiger partial charge in [0.2, 0.25) is 0 Å².